The van der Waals surface area contributed by atoms with Gasteiger partial charge in [0.05, 0.1) is 18.3 Å². The third-order valence-electron chi connectivity index (χ3n) is 4.95. The van der Waals surface area contributed by atoms with Crippen LogP contribution in [-0.2, 0) is 6.54 Å². The van der Waals surface area contributed by atoms with E-state index in [-0.39, 0.29) is 0 Å². The Morgan fingerprint density at radius 3 is 2.84 bits per heavy atom. The second-order valence-electron chi connectivity index (χ2n) is 6.31. The molecule has 0 spiro atoms. The average molecular weight is 324 g/mol. The summed E-state index contributed by atoms with van der Waals surface area (Å²) < 4.78 is 6.86. The van der Waals surface area contributed by atoms with Crippen molar-refractivity contribution < 1.29 is 4.57 Å². The van der Waals surface area contributed by atoms with Crippen LogP contribution in [0.15, 0.2) is 73.3 Å². The zero-order valence-electron chi connectivity index (χ0n) is 13.4. The van der Waals surface area contributed by atoms with Gasteiger partial charge in [-0.05, 0) is 24.3 Å². The number of hydrogen-bond donors (Lipinski definition) is 0. The Labute approximate surface area is 143 Å². The number of imidazole rings is 1. The maximum atomic E-state index is 4.52. The van der Waals surface area contributed by atoms with Crippen LogP contribution in [0.1, 0.15) is 5.56 Å². The molecule has 1 aromatic carbocycles. The zero-order chi connectivity index (χ0) is 16.4. The number of para-hydroxylation sites is 1. The Morgan fingerprint density at radius 2 is 1.92 bits per heavy atom. The quantitative estimate of drug-likeness (QED) is 0.436. The third kappa shape index (κ3) is 1.59. The van der Waals surface area contributed by atoms with E-state index in [1.807, 2.05) is 30.7 Å². The van der Waals surface area contributed by atoms with Gasteiger partial charge in [0.25, 0.3) is 5.65 Å². The van der Waals surface area contributed by atoms with Crippen molar-refractivity contribution in [3.05, 3.63) is 78.9 Å². The summed E-state index contributed by atoms with van der Waals surface area (Å²) in [4.78, 5) is 8.83. The van der Waals surface area contributed by atoms with Gasteiger partial charge in [0, 0.05) is 30.2 Å². The summed E-state index contributed by atoms with van der Waals surface area (Å²) in [6.45, 7) is 0.829. The highest BCUT2D eigenvalue weighted by Gasteiger charge is 2.35. The first-order valence-electron chi connectivity index (χ1n) is 8.31. The minimum absolute atomic E-state index is 0.829. The van der Waals surface area contributed by atoms with Crippen LogP contribution in [0, 0.1) is 0 Å². The minimum atomic E-state index is 0.829. The molecule has 1 aliphatic heterocycles. The van der Waals surface area contributed by atoms with Crippen LogP contribution in [0.4, 0.5) is 0 Å². The highest BCUT2D eigenvalue weighted by molar-refractivity contribution is 5.83. The van der Waals surface area contributed by atoms with Crippen molar-refractivity contribution in [2.24, 2.45) is 0 Å². The Hall–Kier alpha value is -3.47. The number of pyridine rings is 1. The van der Waals surface area contributed by atoms with Gasteiger partial charge in [-0.3, -0.25) is 4.98 Å². The number of fused-ring (bicyclic) bond motifs is 7. The van der Waals surface area contributed by atoms with Gasteiger partial charge in [0.2, 0.25) is 5.82 Å². The Kier molecular flexibility index (Phi) is 2.34. The van der Waals surface area contributed by atoms with Gasteiger partial charge in [0.1, 0.15) is 5.69 Å². The molecule has 0 saturated carbocycles. The molecule has 0 saturated heterocycles. The summed E-state index contributed by atoms with van der Waals surface area (Å²) in [5, 5.41) is 0. The van der Waals surface area contributed by atoms with Crippen molar-refractivity contribution in [1.29, 1.82) is 0 Å². The Balaban J connectivity index is 1.83. The van der Waals surface area contributed by atoms with Crippen LogP contribution < -0.4 is 4.57 Å². The summed E-state index contributed by atoms with van der Waals surface area (Å²) in [7, 11) is 0. The van der Waals surface area contributed by atoms with Gasteiger partial charge in [-0.1, -0.05) is 18.2 Å². The second kappa shape index (κ2) is 4.54. The molecule has 5 aromatic rings. The van der Waals surface area contributed by atoms with Crippen molar-refractivity contribution in [3.8, 4) is 17.1 Å². The van der Waals surface area contributed by atoms with Crippen LogP contribution in [0.25, 0.3) is 33.9 Å². The molecule has 0 unspecified atom stereocenters. The normalized spacial score (nSPS) is 12.6. The molecule has 0 bridgehead atoms. The first-order valence-corrected chi connectivity index (χ1v) is 8.31. The lowest BCUT2D eigenvalue weighted by Crippen LogP contribution is -2.32. The highest BCUT2D eigenvalue weighted by atomic mass is 15.2. The fourth-order valence-corrected chi connectivity index (χ4v) is 3.94. The molecule has 0 aliphatic carbocycles. The van der Waals surface area contributed by atoms with E-state index in [1.54, 1.807) is 0 Å². The molecule has 5 heterocycles. The van der Waals surface area contributed by atoms with E-state index >= 15 is 0 Å². The molecule has 118 valence electrons. The number of rotatable bonds is 1. The molecule has 0 N–H and O–H groups in total. The predicted octanol–water partition coefficient (Wildman–Crippen LogP) is 2.99. The lowest BCUT2D eigenvalue weighted by atomic mass is 10.1. The first-order chi connectivity index (χ1) is 12.4. The lowest BCUT2D eigenvalue weighted by molar-refractivity contribution is -0.648. The average Bonchev–Trinajstić information content (AvgIpc) is 3.29. The summed E-state index contributed by atoms with van der Waals surface area (Å²) in [5.74, 6) is 1.20. The summed E-state index contributed by atoms with van der Waals surface area (Å²) in [5.41, 5.74) is 6.94. The molecular weight excluding hydrogens is 310 g/mol. The molecule has 6 rings (SSSR count). The van der Waals surface area contributed by atoms with E-state index < -0.39 is 0 Å². The number of aromatic nitrogens is 5. The highest BCUT2D eigenvalue weighted by Crippen LogP contribution is 2.34. The summed E-state index contributed by atoms with van der Waals surface area (Å²) in [6.07, 6.45) is 7.75. The van der Waals surface area contributed by atoms with Gasteiger partial charge >= 0.3 is 0 Å². The van der Waals surface area contributed by atoms with Gasteiger partial charge < -0.3 is 0 Å². The van der Waals surface area contributed by atoms with E-state index in [0.29, 0.717) is 0 Å². The minimum Gasteiger partial charge on any atom is -0.264 e. The van der Waals surface area contributed by atoms with Crippen LogP contribution in [0.3, 0.4) is 0 Å². The smallest absolute Gasteiger partial charge is 0.264 e. The van der Waals surface area contributed by atoms with Crippen LogP contribution in [0.2, 0.25) is 0 Å². The summed E-state index contributed by atoms with van der Waals surface area (Å²) >= 11 is 0. The molecule has 5 heteroatoms. The standard InChI is InChI=1S/C20H14N5/c1-2-5-15(6-3-1)25-17-11-18-22-8-4-10-23(18)20(17)24-13-14-12-21-9-7-16(14)19(24)25/h1-12H,13H2/q+1. The molecule has 0 radical (unpaired) electrons. The molecular formula is C20H14N5+. The maximum Gasteiger partial charge on any atom is 0.275 e. The van der Waals surface area contributed by atoms with Gasteiger partial charge in [-0.2, -0.15) is 0 Å². The maximum absolute atomic E-state index is 4.52. The van der Waals surface area contributed by atoms with Gasteiger partial charge in [0.15, 0.2) is 11.2 Å². The van der Waals surface area contributed by atoms with Gasteiger partial charge in [-0.15, -0.1) is 0 Å². The SMILES string of the molecule is c1ccc(-n2c3[n+](c4c2cc2ncccn24)Cc2cnccc2-3)cc1. The predicted molar refractivity (Wildman–Crippen MR) is 94.6 cm³/mol. The van der Waals surface area contributed by atoms with Crippen molar-refractivity contribution >= 4 is 16.8 Å². The largest absolute Gasteiger partial charge is 0.275 e. The topological polar surface area (TPSA) is 39.0 Å². The van der Waals surface area contributed by atoms with E-state index in [0.717, 1.165) is 23.5 Å². The Bertz CT molecular complexity index is 1260. The molecule has 25 heavy (non-hydrogen) atoms. The zero-order valence-corrected chi connectivity index (χ0v) is 13.4. The van der Waals surface area contributed by atoms with Gasteiger partial charge in [-0.25, -0.2) is 18.5 Å². The second-order valence-corrected chi connectivity index (χ2v) is 6.31. The van der Waals surface area contributed by atoms with Crippen molar-refractivity contribution in [3.63, 3.8) is 0 Å². The number of nitrogens with zero attached hydrogens (tertiary/aromatic N) is 5. The molecule has 0 atom stereocenters. The fourth-order valence-electron chi connectivity index (χ4n) is 3.94. The molecule has 1 aliphatic rings. The molecule has 5 nitrogen and oxygen atoms in total. The molecule has 0 fully saturated rings. The monoisotopic (exact) mass is 324 g/mol. The van der Waals surface area contributed by atoms with Crippen molar-refractivity contribution in [2.45, 2.75) is 6.54 Å². The van der Waals surface area contributed by atoms with Crippen LogP contribution >= 0.6 is 0 Å². The first kappa shape index (κ1) is 12.9. The van der Waals surface area contributed by atoms with E-state index in [4.69, 9.17) is 0 Å². The van der Waals surface area contributed by atoms with Crippen molar-refractivity contribution in [1.82, 2.24) is 18.9 Å². The number of hydrogen-bond acceptors (Lipinski definition) is 2. The van der Waals surface area contributed by atoms with Crippen molar-refractivity contribution in [2.75, 3.05) is 0 Å². The molecule has 0 amide bonds. The lowest BCUT2D eigenvalue weighted by Gasteiger charge is -2.03. The van der Waals surface area contributed by atoms with E-state index in [1.165, 1.54) is 22.5 Å². The van der Waals surface area contributed by atoms with E-state index in [9.17, 15) is 0 Å². The third-order valence-corrected chi connectivity index (χ3v) is 4.95. The van der Waals surface area contributed by atoms with E-state index in [2.05, 4.69) is 66.1 Å². The Morgan fingerprint density at radius 1 is 1.00 bits per heavy atom. The number of benzene rings is 1. The summed E-state index contributed by atoms with van der Waals surface area (Å²) in [6, 6.07) is 16.7. The fraction of sp³-hybridized carbons (Fsp3) is 0.0500. The molecule has 4 aromatic heterocycles. The van der Waals surface area contributed by atoms with Crippen LogP contribution in [-0.4, -0.2) is 18.9 Å². The van der Waals surface area contributed by atoms with Crippen LogP contribution in [0.5, 0.6) is 0 Å².